The number of amides is 2. The number of aromatic nitrogens is 1. The number of carbonyl (C=O) groups excluding carboxylic acids is 2. The van der Waals surface area contributed by atoms with Gasteiger partial charge in [-0.25, -0.2) is 0 Å². The Morgan fingerprint density at radius 3 is 2.40 bits per heavy atom. The molecule has 2 amide bonds. The predicted octanol–water partition coefficient (Wildman–Crippen LogP) is 3.66. The molecule has 6 heteroatoms. The SMILES string of the molecule is COc1ccc(NC(=O)C2CCCN2C(=O)Cc2ccc(-n3cccc3)cc2)cc1. The molecule has 30 heavy (non-hydrogen) atoms. The largest absolute Gasteiger partial charge is 0.497 e. The summed E-state index contributed by atoms with van der Waals surface area (Å²) in [6.45, 7) is 0.612. The van der Waals surface area contributed by atoms with Crippen molar-refractivity contribution in [3.63, 3.8) is 0 Å². The quantitative estimate of drug-likeness (QED) is 0.683. The molecule has 1 atom stereocenters. The normalized spacial score (nSPS) is 15.8. The number of likely N-dealkylation sites (tertiary alicyclic amines) is 1. The second-order valence-electron chi connectivity index (χ2n) is 7.40. The topological polar surface area (TPSA) is 63.6 Å². The molecule has 0 spiro atoms. The molecule has 0 radical (unpaired) electrons. The summed E-state index contributed by atoms with van der Waals surface area (Å²) < 4.78 is 7.16. The Hall–Kier alpha value is -3.54. The number of ether oxygens (including phenoxy) is 1. The van der Waals surface area contributed by atoms with Crippen LogP contribution >= 0.6 is 0 Å². The highest BCUT2D eigenvalue weighted by Crippen LogP contribution is 2.22. The van der Waals surface area contributed by atoms with Crippen LogP contribution in [0.5, 0.6) is 5.75 Å². The zero-order valence-electron chi connectivity index (χ0n) is 17.0. The molecule has 154 valence electrons. The van der Waals surface area contributed by atoms with Crippen molar-refractivity contribution < 1.29 is 14.3 Å². The highest BCUT2D eigenvalue weighted by Gasteiger charge is 2.33. The van der Waals surface area contributed by atoms with Crippen molar-refractivity contribution >= 4 is 17.5 Å². The first-order valence-corrected chi connectivity index (χ1v) is 10.1. The number of nitrogens with zero attached hydrogens (tertiary/aromatic N) is 2. The van der Waals surface area contributed by atoms with Crippen LogP contribution in [0.15, 0.2) is 73.1 Å². The maximum atomic E-state index is 12.9. The average Bonchev–Trinajstić information content (AvgIpc) is 3.47. The molecule has 1 N–H and O–H groups in total. The minimum Gasteiger partial charge on any atom is -0.497 e. The van der Waals surface area contributed by atoms with E-state index >= 15 is 0 Å². The maximum Gasteiger partial charge on any atom is 0.247 e. The fraction of sp³-hybridized carbons (Fsp3) is 0.250. The Morgan fingerprint density at radius 1 is 1.03 bits per heavy atom. The summed E-state index contributed by atoms with van der Waals surface area (Å²) in [6.07, 6.45) is 5.77. The van der Waals surface area contributed by atoms with Crippen molar-refractivity contribution in [2.75, 3.05) is 19.0 Å². The van der Waals surface area contributed by atoms with E-state index in [1.165, 1.54) is 0 Å². The first kappa shape index (κ1) is 19.8. The van der Waals surface area contributed by atoms with Gasteiger partial charge in [0.2, 0.25) is 11.8 Å². The summed E-state index contributed by atoms with van der Waals surface area (Å²) >= 11 is 0. The molecule has 1 aliphatic rings. The summed E-state index contributed by atoms with van der Waals surface area (Å²) in [5.41, 5.74) is 2.69. The van der Waals surface area contributed by atoms with E-state index in [-0.39, 0.29) is 18.2 Å². The number of hydrogen-bond donors (Lipinski definition) is 1. The highest BCUT2D eigenvalue weighted by atomic mass is 16.5. The molecule has 1 aromatic heterocycles. The molecule has 4 rings (SSSR count). The van der Waals surface area contributed by atoms with Crippen LogP contribution < -0.4 is 10.1 Å². The van der Waals surface area contributed by atoms with Crippen LogP contribution in [-0.2, 0) is 16.0 Å². The van der Waals surface area contributed by atoms with Gasteiger partial charge in [0.1, 0.15) is 11.8 Å². The van der Waals surface area contributed by atoms with Crippen LogP contribution in [0.4, 0.5) is 5.69 Å². The van der Waals surface area contributed by atoms with Crippen LogP contribution in [0, 0.1) is 0 Å². The number of nitrogens with one attached hydrogen (secondary N) is 1. The Labute approximate surface area is 176 Å². The van der Waals surface area contributed by atoms with Gasteiger partial charge in [0.15, 0.2) is 0 Å². The summed E-state index contributed by atoms with van der Waals surface area (Å²) in [7, 11) is 1.60. The van der Waals surface area contributed by atoms with Crippen molar-refractivity contribution in [1.82, 2.24) is 9.47 Å². The van der Waals surface area contributed by atoms with E-state index < -0.39 is 6.04 Å². The lowest BCUT2D eigenvalue weighted by atomic mass is 10.1. The van der Waals surface area contributed by atoms with Gasteiger partial charge in [-0.15, -0.1) is 0 Å². The van der Waals surface area contributed by atoms with E-state index in [2.05, 4.69) is 5.32 Å². The Balaban J connectivity index is 1.38. The molecule has 1 saturated heterocycles. The smallest absolute Gasteiger partial charge is 0.247 e. The monoisotopic (exact) mass is 403 g/mol. The van der Waals surface area contributed by atoms with Crippen LogP contribution in [0.3, 0.4) is 0 Å². The van der Waals surface area contributed by atoms with Gasteiger partial charge >= 0.3 is 0 Å². The van der Waals surface area contributed by atoms with Gasteiger partial charge in [-0.3, -0.25) is 9.59 Å². The molecule has 0 saturated carbocycles. The number of benzene rings is 2. The predicted molar refractivity (Wildman–Crippen MR) is 116 cm³/mol. The van der Waals surface area contributed by atoms with Gasteiger partial charge < -0.3 is 19.5 Å². The molecule has 0 bridgehead atoms. The minimum atomic E-state index is -0.432. The average molecular weight is 403 g/mol. The molecule has 1 fully saturated rings. The number of rotatable bonds is 6. The van der Waals surface area contributed by atoms with Crippen LogP contribution in [0.1, 0.15) is 18.4 Å². The van der Waals surface area contributed by atoms with Crippen LogP contribution in [0.25, 0.3) is 5.69 Å². The second kappa shape index (κ2) is 8.86. The van der Waals surface area contributed by atoms with Gasteiger partial charge in [-0.1, -0.05) is 12.1 Å². The van der Waals surface area contributed by atoms with Crippen LogP contribution in [0.2, 0.25) is 0 Å². The molecule has 2 heterocycles. The summed E-state index contributed by atoms with van der Waals surface area (Å²) in [6, 6.07) is 18.6. The van der Waals surface area contributed by atoms with Crippen molar-refractivity contribution in [1.29, 1.82) is 0 Å². The number of carbonyl (C=O) groups is 2. The number of methoxy groups -OCH3 is 1. The lowest BCUT2D eigenvalue weighted by Gasteiger charge is -2.24. The van der Waals surface area contributed by atoms with Gasteiger partial charge in [0.05, 0.1) is 13.5 Å². The molecule has 1 unspecified atom stereocenters. The molecular weight excluding hydrogens is 378 g/mol. The molecule has 2 aromatic carbocycles. The maximum absolute atomic E-state index is 12.9. The van der Waals surface area contributed by atoms with E-state index in [1.54, 1.807) is 36.3 Å². The standard InChI is InChI=1S/C24H25N3O3/c1-30-21-12-8-19(9-13-21)25-24(29)22-5-4-16-27(22)23(28)17-18-6-10-20(11-7-18)26-14-2-3-15-26/h2-3,6-15,22H,4-5,16-17H2,1H3,(H,25,29). The summed E-state index contributed by atoms with van der Waals surface area (Å²) in [4.78, 5) is 27.4. The van der Waals surface area contributed by atoms with Gasteiger partial charge in [0, 0.05) is 30.3 Å². The summed E-state index contributed by atoms with van der Waals surface area (Å²) in [5.74, 6) is 0.568. The second-order valence-corrected chi connectivity index (χ2v) is 7.40. The third-order valence-corrected chi connectivity index (χ3v) is 5.43. The van der Waals surface area contributed by atoms with E-state index in [0.717, 1.165) is 23.4 Å². The zero-order valence-corrected chi connectivity index (χ0v) is 17.0. The van der Waals surface area contributed by atoms with Crippen molar-refractivity contribution in [2.45, 2.75) is 25.3 Å². The Morgan fingerprint density at radius 2 is 1.73 bits per heavy atom. The fourth-order valence-corrected chi connectivity index (χ4v) is 3.81. The van der Waals surface area contributed by atoms with Gasteiger partial charge in [0.25, 0.3) is 0 Å². The molecule has 1 aliphatic heterocycles. The third-order valence-electron chi connectivity index (χ3n) is 5.43. The van der Waals surface area contributed by atoms with E-state index in [4.69, 9.17) is 4.74 Å². The molecular formula is C24H25N3O3. The third kappa shape index (κ3) is 4.38. The lowest BCUT2D eigenvalue weighted by molar-refractivity contribution is -0.136. The Bertz CT molecular complexity index is 995. The summed E-state index contributed by atoms with van der Waals surface area (Å²) in [5, 5.41) is 2.92. The first-order chi connectivity index (χ1) is 14.6. The van der Waals surface area contributed by atoms with E-state index in [1.807, 2.05) is 53.4 Å². The molecule has 3 aromatic rings. The van der Waals surface area contributed by atoms with Gasteiger partial charge in [-0.05, 0) is 66.9 Å². The Kier molecular flexibility index (Phi) is 5.84. The fourth-order valence-electron chi connectivity index (χ4n) is 3.81. The highest BCUT2D eigenvalue weighted by molar-refractivity contribution is 5.97. The van der Waals surface area contributed by atoms with Crippen molar-refractivity contribution in [2.24, 2.45) is 0 Å². The van der Waals surface area contributed by atoms with Gasteiger partial charge in [-0.2, -0.15) is 0 Å². The minimum absolute atomic E-state index is 0.0175. The van der Waals surface area contributed by atoms with Crippen molar-refractivity contribution in [3.8, 4) is 11.4 Å². The first-order valence-electron chi connectivity index (χ1n) is 10.1. The van der Waals surface area contributed by atoms with Crippen LogP contribution in [-0.4, -0.2) is 41.0 Å². The number of anilines is 1. The zero-order chi connectivity index (χ0) is 20.9. The van der Waals surface area contributed by atoms with E-state index in [0.29, 0.717) is 18.7 Å². The lowest BCUT2D eigenvalue weighted by Crippen LogP contribution is -2.43. The molecule has 6 nitrogen and oxygen atoms in total. The van der Waals surface area contributed by atoms with Crippen molar-refractivity contribution in [3.05, 3.63) is 78.6 Å². The number of hydrogen-bond acceptors (Lipinski definition) is 3. The van der Waals surface area contributed by atoms with E-state index in [9.17, 15) is 9.59 Å². The molecule has 0 aliphatic carbocycles.